The van der Waals surface area contributed by atoms with E-state index in [9.17, 15) is 4.79 Å². The number of aliphatic hydroxyl groups is 2. The minimum Gasteiger partial charge on any atom is -0.487 e. The zero-order chi connectivity index (χ0) is 22.8. The van der Waals surface area contributed by atoms with Crippen LogP contribution >= 0.6 is 7.82 Å². The molecule has 0 spiro atoms. The SMILES string of the molecule is CC1(C)C[C@H](N2CCCC2=O)c2cc(C#N)ccc2O1.CO.CO.O=P(O)(O)O. The van der Waals surface area contributed by atoms with Crippen LogP contribution in [0, 0.1) is 11.3 Å². The van der Waals surface area contributed by atoms with Crippen LogP contribution in [0.4, 0.5) is 0 Å². The van der Waals surface area contributed by atoms with Crippen molar-refractivity contribution in [3.63, 3.8) is 0 Å². The molecule has 2 heterocycles. The van der Waals surface area contributed by atoms with Gasteiger partial charge in [-0.05, 0) is 38.5 Å². The Hall–Kier alpha value is -1.99. The highest BCUT2D eigenvalue weighted by molar-refractivity contribution is 7.45. The highest BCUT2D eigenvalue weighted by Crippen LogP contribution is 2.44. The van der Waals surface area contributed by atoms with Crippen LogP contribution in [0.2, 0.25) is 0 Å². The van der Waals surface area contributed by atoms with Gasteiger partial charge in [0.1, 0.15) is 11.4 Å². The molecule has 1 amide bonds. The van der Waals surface area contributed by atoms with Crippen LogP contribution in [0.25, 0.3) is 0 Å². The Morgan fingerprint density at radius 2 is 1.76 bits per heavy atom. The van der Waals surface area contributed by atoms with Gasteiger partial charge in [0.05, 0.1) is 17.7 Å². The zero-order valence-corrected chi connectivity index (χ0v) is 17.8. The van der Waals surface area contributed by atoms with Crippen LogP contribution in [-0.4, -0.2) is 62.1 Å². The lowest BCUT2D eigenvalue weighted by atomic mass is 9.88. The Balaban J connectivity index is 0.000000752. The Kier molecular flexibility index (Phi) is 11.1. The fourth-order valence-corrected chi connectivity index (χ4v) is 3.16. The van der Waals surface area contributed by atoms with Crippen LogP contribution < -0.4 is 4.74 Å². The van der Waals surface area contributed by atoms with Gasteiger partial charge in [0.15, 0.2) is 0 Å². The molecule has 0 unspecified atom stereocenters. The Morgan fingerprint density at radius 3 is 2.21 bits per heavy atom. The maximum atomic E-state index is 12.1. The van der Waals surface area contributed by atoms with Crippen LogP contribution in [0.3, 0.4) is 0 Å². The quantitative estimate of drug-likeness (QED) is 0.407. The number of likely N-dealkylation sites (tertiary alicyclic amines) is 1. The summed E-state index contributed by atoms with van der Waals surface area (Å²) in [6, 6.07) is 7.66. The maximum absolute atomic E-state index is 12.1. The van der Waals surface area contributed by atoms with E-state index in [0.29, 0.717) is 12.0 Å². The number of ether oxygens (including phenoxy) is 1. The summed E-state index contributed by atoms with van der Waals surface area (Å²) in [5.41, 5.74) is 1.29. The van der Waals surface area contributed by atoms with Gasteiger partial charge in [-0.3, -0.25) is 4.79 Å². The highest BCUT2D eigenvalue weighted by Gasteiger charge is 2.39. The van der Waals surface area contributed by atoms with Gasteiger partial charge in [-0.15, -0.1) is 0 Å². The largest absolute Gasteiger partial charge is 0.487 e. The number of phosphoric acid groups is 1. The van der Waals surface area contributed by atoms with Crippen LogP contribution in [0.1, 0.15) is 50.3 Å². The third-order valence-corrected chi connectivity index (χ3v) is 4.06. The monoisotopic (exact) mass is 432 g/mol. The lowest BCUT2D eigenvalue weighted by Crippen LogP contribution is -2.42. The van der Waals surface area contributed by atoms with E-state index >= 15 is 0 Å². The molecule has 10 nitrogen and oxygen atoms in total. The first kappa shape index (κ1) is 27.0. The van der Waals surface area contributed by atoms with E-state index in [0.717, 1.165) is 44.9 Å². The van der Waals surface area contributed by atoms with Crippen LogP contribution in [0.15, 0.2) is 18.2 Å². The molecule has 3 rings (SSSR count). The standard InChI is InChI=1S/C16H18N2O2.2CH4O.H3O4P/c1-16(2)9-13(18-7-3-4-15(18)19)12-8-11(10-17)5-6-14(12)20-16;2*1-2;1-5(2,3)4/h5-6,8,13H,3-4,7,9H2,1-2H3;2*2H,1H3;(H3,1,2,3,4)/t13-;;;/m0.../s1. The summed E-state index contributed by atoms with van der Waals surface area (Å²) in [5, 5.41) is 23.1. The van der Waals surface area contributed by atoms with Crippen molar-refractivity contribution >= 4 is 13.7 Å². The summed E-state index contributed by atoms with van der Waals surface area (Å²) >= 11 is 0. The molecule has 1 aromatic carbocycles. The topological polar surface area (TPSA) is 172 Å². The summed E-state index contributed by atoms with van der Waals surface area (Å²) in [6.07, 6.45) is 2.32. The van der Waals surface area contributed by atoms with Gasteiger partial charge in [-0.25, -0.2) is 4.57 Å². The number of fused-ring (bicyclic) bond motifs is 1. The number of aliphatic hydroxyl groups excluding tert-OH is 2. The predicted octanol–water partition coefficient (Wildman–Crippen LogP) is 1.07. The molecule has 1 aromatic rings. The molecular weight excluding hydrogens is 403 g/mol. The van der Waals surface area contributed by atoms with Crippen molar-refractivity contribution in [1.82, 2.24) is 4.90 Å². The van der Waals surface area contributed by atoms with E-state index < -0.39 is 7.82 Å². The second-order valence-corrected chi connectivity index (χ2v) is 7.68. The molecule has 29 heavy (non-hydrogen) atoms. The van der Waals surface area contributed by atoms with Crippen LogP contribution in [0.5, 0.6) is 5.75 Å². The molecule has 0 aromatic heterocycles. The average molecular weight is 432 g/mol. The van der Waals surface area contributed by atoms with Gasteiger partial charge < -0.3 is 34.5 Å². The number of carbonyl (C=O) groups excluding carboxylic acids is 1. The Bertz CT molecular complexity index is 748. The summed E-state index contributed by atoms with van der Waals surface area (Å²) in [7, 11) is -2.64. The third-order valence-electron chi connectivity index (χ3n) is 4.06. The molecule has 1 fully saturated rings. The van der Waals surface area contributed by atoms with Gasteiger partial charge >= 0.3 is 7.82 Å². The van der Waals surface area contributed by atoms with Crippen molar-refractivity contribution in [2.45, 2.75) is 44.8 Å². The fraction of sp³-hybridized carbons (Fsp3) is 0.556. The molecule has 11 heteroatoms. The van der Waals surface area contributed by atoms with E-state index in [1.54, 1.807) is 6.07 Å². The number of nitrogens with zero attached hydrogens (tertiary/aromatic N) is 2. The molecule has 0 aliphatic carbocycles. The molecule has 5 N–H and O–H groups in total. The Labute approximate surface area is 170 Å². The lowest BCUT2D eigenvalue weighted by molar-refractivity contribution is -0.131. The Morgan fingerprint density at radius 1 is 1.21 bits per heavy atom. The molecule has 0 bridgehead atoms. The number of amides is 1. The van der Waals surface area contributed by atoms with Crippen molar-refractivity contribution in [2.75, 3.05) is 20.8 Å². The molecule has 1 atom stereocenters. The lowest BCUT2D eigenvalue weighted by Gasteiger charge is -2.41. The number of hydrogen-bond acceptors (Lipinski definition) is 6. The minimum absolute atomic E-state index is 0.0250. The summed E-state index contributed by atoms with van der Waals surface area (Å²) < 4.78 is 14.9. The van der Waals surface area contributed by atoms with Gasteiger partial charge in [0, 0.05) is 39.2 Å². The van der Waals surface area contributed by atoms with Gasteiger partial charge in [-0.2, -0.15) is 5.26 Å². The van der Waals surface area contributed by atoms with Crippen molar-refractivity contribution in [3.8, 4) is 11.8 Å². The van der Waals surface area contributed by atoms with E-state index in [1.165, 1.54) is 0 Å². The van der Waals surface area contributed by atoms with E-state index in [1.807, 2.05) is 30.9 Å². The summed E-state index contributed by atoms with van der Waals surface area (Å²) in [6.45, 7) is 4.89. The van der Waals surface area contributed by atoms with Gasteiger partial charge in [-0.1, -0.05) is 0 Å². The van der Waals surface area contributed by atoms with E-state index in [-0.39, 0.29) is 17.6 Å². The van der Waals surface area contributed by atoms with Gasteiger partial charge in [0.25, 0.3) is 0 Å². The molecule has 0 saturated carbocycles. The first-order valence-electron chi connectivity index (χ1n) is 8.70. The molecule has 1 saturated heterocycles. The summed E-state index contributed by atoms with van der Waals surface area (Å²) in [5.74, 6) is 1.01. The molecule has 2 aliphatic rings. The van der Waals surface area contributed by atoms with E-state index in [2.05, 4.69) is 6.07 Å². The van der Waals surface area contributed by atoms with Crippen molar-refractivity contribution in [1.29, 1.82) is 5.26 Å². The number of nitriles is 1. The number of hydrogen-bond donors (Lipinski definition) is 5. The predicted molar refractivity (Wildman–Crippen MR) is 105 cm³/mol. The molecule has 2 aliphatic heterocycles. The molecule has 0 radical (unpaired) electrons. The fourth-order valence-electron chi connectivity index (χ4n) is 3.16. The zero-order valence-electron chi connectivity index (χ0n) is 16.9. The van der Waals surface area contributed by atoms with E-state index in [4.69, 9.17) is 39.5 Å². The minimum atomic E-state index is -4.64. The highest BCUT2D eigenvalue weighted by atomic mass is 31.2. The molecule has 164 valence electrons. The number of benzene rings is 1. The van der Waals surface area contributed by atoms with Crippen molar-refractivity contribution in [3.05, 3.63) is 29.3 Å². The van der Waals surface area contributed by atoms with Crippen molar-refractivity contribution < 1.29 is 39.0 Å². The first-order valence-corrected chi connectivity index (χ1v) is 10.3. The summed E-state index contributed by atoms with van der Waals surface area (Å²) in [4.78, 5) is 35.6. The van der Waals surface area contributed by atoms with Crippen molar-refractivity contribution in [2.24, 2.45) is 0 Å². The van der Waals surface area contributed by atoms with Gasteiger partial charge in [0.2, 0.25) is 5.91 Å². The second-order valence-electron chi connectivity index (χ2n) is 6.65. The average Bonchev–Trinajstić information content (AvgIpc) is 3.08. The number of rotatable bonds is 1. The second kappa shape index (κ2) is 11.9. The van der Waals surface area contributed by atoms with Crippen LogP contribution in [-0.2, 0) is 9.36 Å². The molecular formula is C18H29N2O8P. The normalized spacial score (nSPS) is 19.0. The number of carbonyl (C=O) groups is 1. The maximum Gasteiger partial charge on any atom is 0.466 e. The smallest absolute Gasteiger partial charge is 0.466 e. The third kappa shape index (κ3) is 8.92. The first-order chi connectivity index (χ1) is 13.5.